The standard InChI is InChI=1S/C18H26O2/c1-12(2)14-6-8-15(9-7-14)18(19)16-11-13(3)5-10-17(16)20-4/h5,10-12,14-15H,6-9H2,1-4H3. The van der Waals surface area contributed by atoms with Crippen LogP contribution in [-0.4, -0.2) is 12.9 Å². The monoisotopic (exact) mass is 274 g/mol. The van der Waals surface area contributed by atoms with Crippen molar-refractivity contribution in [2.75, 3.05) is 7.11 Å². The van der Waals surface area contributed by atoms with E-state index in [4.69, 9.17) is 4.74 Å². The molecule has 2 nitrogen and oxygen atoms in total. The summed E-state index contributed by atoms with van der Waals surface area (Å²) in [6.07, 6.45) is 4.42. The molecule has 1 aliphatic rings. The van der Waals surface area contributed by atoms with Crippen LogP contribution in [0, 0.1) is 24.7 Å². The Balaban J connectivity index is 2.11. The van der Waals surface area contributed by atoms with Gasteiger partial charge >= 0.3 is 0 Å². The summed E-state index contributed by atoms with van der Waals surface area (Å²) in [6, 6.07) is 5.86. The van der Waals surface area contributed by atoms with Crippen molar-refractivity contribution in [3.05, 3.63) is 29.3 Å². The molecule has 0 bridgehead atoms. The van der Waals surface area contributed by atoms with Crippen molar-refractivity contribution in [2.45, 2.75) is 46.5 Å². The fraction of sp³-hybridized carbons (Fsp3) is 0.611. The number of methoxy groups -OCH3 is 1. The van der Waals surface area contributed by atoms with Crippen molar-refractivity contribution in [2.24, 2.45) is 17.8 Å². The maximum absolute atomic E-state index is 12.7. The van der Waals surface area contributed by atoms with E-state index in [0.717, 1.165) is 35.8 Å². The molecule has 0 aromatic heterocycles. The molecule has 0 aliphatic heterocycles. The molecule has 1 aliphatic carbocycles. The number of carbonyl (C=O) groups is 1. The van der Waals surface area contributed by atoms with Gasteiger partial charge in [-0.2, -0.15) is 0 Å². The zero-order valence-corrected chi connectivity index (χ0v) is 13.1. The van der Waals surface area contributed by atoms with Crippen molar-refractivity contribution in [1.29, 1.82) is 0 Å². The molecule has 20 heavy (non-hydrogen) atoms. The van der Waals surface area contributed by atoms with Gasteiger partial charge in [-0.1, -0.05) is 25.5 Å². The summed E-state index contributed by atoms with van der Waals surface area (Å²) in [7, 11) is 1.64. The van der Waals surface area contributed by atoms with Crippen LogP contribution >= 0.6 is 0 Å². The smallest absolute Gasteiger partial charge is 0.169 e. The Kier molecular flexibility index (Phi) is 4.85. The Morgan fingerprint density at radius 3 is 2.40 bits per heavy atom. The van der Waals surface area contributed by atoms with Gasteiger partial charge in [0.15, 0.2) is 5.78 Å². The van der Waals surface area contributed by atoms with Gasteiger partial charge in [-0.25, -0.2) is 0 Å². The lowest BCUT2D eigenvalue weighted by Gasteiger charge is -2.30. The highest BCUT2D eigenvalue weighted by atomic mass is 16.5. The first-order chi connectivity index (χ1) is 9.52. The molecule has 0 unspecified atom stereocenters. The lowest BCUT2D eigenvalue weighted by Crippen LogP contribution is -2.24. The molecule has 0 heterocycles. The molecule has 1 aromatic carbocycles. The summed E-state index contributed by atoms with van der Waals surface area (Å²) in [6.45, 7) is 6.60. The molecule has 1 fully saturated rings. The highest BCUT2D eigenvalue weighted by Gasteiger charge is 2.29. The molecule has 0 amide bonds. The van der Waals surface area contributed by atoms with Crippen LogP contribution in [0.4, 0.5) is 0 Å². The van der Waals surface area contributed by atoms with Gasteiger partial charge in [0.1, 0.15) is 5.75 Å². The summed E-state index contributed by atoms with van der Waals surface area (Å²) in [5.74, 6) is 2.69. The van der Waals surface area contributed by atoms with Crippen LogP contribution in [0.2, 0.25) is 0 Å². The largest absolute Gasteiger partial charge is 0.496 e. The minimum atomic E-state index is 0.181. The van der Waals surface area contributed by atoms with E-state index in [-0.39, 0.29) is 11.7 Å². The predicted molar refractivity (Wildman–Crippen MR) is 82.3 cm³/mol. The van der Waals surface area contributed by atoms with Crippen LogP contribution in [-0.2, 0) is 0 Å². The van der Waals surface area contributed by atoms with Gasteiger partial charge in [0, 0.05) is 5.92 Å². The normalized spacial score (nSPS) is 22.9. The number of rotatable bonds is 4. The fourth-order valence-corrected chi connectivity index (χ4v) is 3.28. The molecule has 0 N–H and O–H groups in total. The highest BCUT2D eigenvalue weighted by Crippen LogP contribution is 2.36. The summed E-state index contributed by atoms with van der Waals surface area (Å²) in [4.78, 5) is 12.7. The number of aryl methyl sites for hydroxylation is 1. The van der Waals surface area contributed by atoms with Crippen molar-refractivity contribution in [1.82, 2.24) is 0 Å². The Bertz CT molecular complexity index is 468. The summed E-state index contributed by atoms with van der Waals surface area (Å²) >= 11 is 0. The third-order valence-corrected chi connectivity index (χ3v) is 4.71. The van der Waals surface area contributed by atoms with Crippen LogP contribution in [0.15, 0.2) is 18.2 Å². The molecule has 1 aromatic rings. The SMILES string of the molecule is COc1ccc(C)cc1C(=O)C1CCC(C(C)C)CC1. The first-order valence-electron chi connectivity index (χ1n) is 7.71. The van der Waals surface area contributed by atoms with E-state index >= 15 is 0 Å². The maximum atomic E-state index is 12.7. The molecule has 0 atom stereocenters. The summed E-state index contributed by atoms with van der Waals surface area (Å²) < 4.78 is 5.35. The lowest BCUT2D eigenvalue weighted by atomic mass is 9.74. The number of Topliss-reactive ketones (excluding diaryl/α,β-unsaturated/α-hetero) is 1. The second-order valence-corrected chi connectivity index (χ2v) is 6.42. The zero-order valence-electron chi connectivity index (χ0n) is 13.1. The highest BCUT2D eigenvalue weighted by molar-refractivity contribution is 6.00. The van der Waals surface area contributed by atoms with Crippen LogP contribution < -0.4 is 4.74 Å². The fourth-order valence-electron chi connectivity index (χ4n) is 3.28. The Morgan fingerprint density at radius 2 is 1.85 bits per heavy atom. The number of ether oxygens (including phenoxy) is 1. The average Bonchev–Trinajstić information content (AvgIpc) is 2.46. The van der Waals surface area contributed by atoms with Gasteiger partial charge in [0.2, 0.25) is 0 Å². The number of hydrogen-bond donors (Lipinski definition) is 0. The van der Waals surface area contributed by atoms with Crippen LogP contribution in [0.1, 0.15) is 55.5 Å². The number of carbonyl (C=O) groups excluding carboxylic acids is 1. The molecule has 0 saturated heterocycles. The number of ketones is 1. The molecular weight excluding hydrogens is 248 g/mol. The summed E-state index contributed by atoms with van der Waals surface area (Å²) in [5, 5.41) is 0. The van der Waals surface area contributed by atoms with E-state index in [2.05, 4.69) is 13.8 Å². The van der Waals surface area contributed by atoms with Crippen molar-refractivity contribution in [3.8, 4) is 5.75 Å². The number of benzene rings is 1. The van der Waals surface area contributed by atoms with E-state index < -0.39 is 0 Å². The van der Waals surface area contributed by atoms with E-state index in [0.29, 0.717) is 5.75 Å². The quantitative estimate of drug-likeness (QED) is 0.747. The molecular formula is C18H26O2. The van der Waals surface area contributed by atoms with E-state index in [1.807, 2.05) is 25.1 Å². The van der Waals surface area contributed by atoms with E-state index in [9.17, 15) is 4.79 Å². The number of hydrogen-bond acceptors (Lipinski definition) is 2. The third kappa shape index (κ3) is 3.23. The lowest BCUT2D eigenvalue weighted by molar-refractivity contribution is 0.0856. The van der Waals surface area contributed by atoms with Gasteiger partial charge in [0.25, 0.3) is 0 Å². The minimum absolute atomic E-state index is 0.181. The third-order valence-electron chi connectivity index (χ3n) is 4.71. The second kappa shape index (κ2) is 6.43. The van der Waals surface area contributed by atoms with Crippen molar-refractivity contribution < 1.29 is 9.53 Å². The first-order valence-corrected chi connectivity index (χ1v) is 7.71. The molecule has 2 rings (SSSR count). The zero-order chi connectivity index (χ0) is 14.7. The molecule has 1 saturated carbocycles. The van der Waals surface area contributed by atoms with E-state index in [1.165, 1.54) is 12.8 Å². The predicted octanol–water partition coefficient (Wildman–Crippen LogP) is 4.65. The molecule has 110 valence electrons. The maximum Gasteiger partial charge on any atom is 0.169 e. The molecule has 0 radical (unpaired) electrons. The van der Waals surface area contributed by atoms with Gasteiger partial charge < -0.3 is 4.74 Å². The van der Waals surface area contributed by atoms with Crippen molar-refractivity contribution >= 4 is 5.78 Å². The van der Waals surface area contributed by atoms with Crippen molar-refractivity contribution in [3.63, 3.8) is 0 Å². The van der Waals surface area contributed by atoms with Gasteiger partial charge in [-0.05, 0) is 56.6 Å². The summed E-state index contributed by atoms with van der Waals surface area (Å²) in [5.41, 5.74) is 1.88. The topological polar surface area (TPSA) is 26.3 Å². The Hall–Kier alpha value is -1.31. The first kappa shape index (κ1) is 15.1. The minimum Gasteiger partial charge on any atom is -0.496 e. The Morgan fingerprint density at radius 1 is 1.20 bits per heavy atom. The Labute approximate surface area is 122 Å². The second-order valence-electron chi connectivity index (χ2n) is 6.42. The van der Waals surface area contributed by atoms with Crippen LogP contribution in [0.25, 0.3) is 0 Å². The van der Waals surface area contributed by atoms with E-state index in [1.54, 1.807) is 7.11 Å². The van der Waals surface area contributed by atoms with Gasteiger partial charge in [-0.3, -0.25) is 4.79 Å². The van der Waals surface area contributed by atoms with Crippen LogP contribution in [0.5, 0.6) is 5.75 Å². The average molecular weight is 274 g/mol. The van der Waals surface area contributed by atoms with Crippen LogP contribution in [0.3, 0.4) is 0 Å². The molecule has 0 spiro atoms. The van der Waals surface area contributed by atoms with Gasteiger partial charge in [0.05, 0.1) is 12.7 Å². The van der Waals surface area contributed by atoms with Gasteiger partial charge in [-0.15, -0.1) is 0 Å². The molecule has 2 heteroatoms.